The van der Waals surface area contributed by atoms with Gasteiger partial charge in [-0.2, -0.15) is 0 Å². The number of nitrogens with zero attached hydrogens (tertiary/aromatic N) is 1. The fourth-order valence-electron chi connectivity index (χ4n) is 1.44. The van der Waals surface area contributed by atoms with E-state index in [1.807, 2.05) is 24.3 Å². The lowest BCUT2D eigenvalue weighted by molar-refractivity contribution is 0.385. The number of hydrogen-bond acceptors (Lipinski definition) is 4. The molecular weight excluding hydrogens is 192 g/mol. The highest BCUT2D eigenvalue weighted by Gasteiger charge is 2.08. The highest BCUT2D eigenvalue weighted by atomic mass is 16.5. The molecule has 1 heterocycles. The van der Waals surface area contributed by atoms with E-state index >= 15 is 0 Å². The zero-order chi connectivity index (χ0) is 10.7. The second-order valence-corrected chi connectivity index (χ2v) is 3.10. The summed E-state index contributed by atoms with van der Waals surface area (Å²) in [4.78, 5) is 0. The van der Waals surface area contributed by atoms with Gasteiger partial charge in [0.15, 0.2) is 5.76 Å². The molecule has 0 saturated carbocycles. The molecule has 2 rings (SSSR count). The number of benzene rings is 1. The van der Waals surface area contributed by atoms with Gasteiger partial charge in [0.2, 0.25) is 0 Å². The van der Waals surface area contributed by atoms with E-state index < -0.39 is 0 Å². The molecule has 0 bridgehead atoms. The first-order valence-corrected chi connectivity index (χ1v) is 4.63. The smallest absolute Gasteiger partial charge is 0.158 e. The minimum absolute atomic E-state index is 0.340. The van der Waals surface area contributed by atoms with Crippen molar-refractivity contribution in [1.82, 2.24) is 5.16 Å². The number of rotatable bonds is 3. The maximum Gasteiger partial charge on any atom is 0.158 e. The number of hydrogen-bond donors (Lipinski definition) is 1. The average molecular weight is 204 g/mol. The molecule has 0 amide bonds. The van der Waals surface area contributed by atoms with Crippen LogP contribution < -0.4 is 10.5 Å². The molecule has 0 aliphatic rings. The average Bonchev–Trinajstić information content (AvgIpc) is 2.77. The Kier molecular flexibility index (Phi) is 2.69. The fourth-order valence-corrected chi connectivity index (χ4v) is 1.44. The Bertz CT molecular complexity index is 451. The van der Waals surface area contributed by atoms with Gasteiger partial charge >= 0.3 is 0 Å². The molecule has 2 N–H and O–H groups in total. The lowest BCUT2D eigenvalue weighted by Gasteiger charge is -2.02. The molecule has 2 aromatic rings. The topological polar surface area (TPSA) is 61.3 Å². The van der Waals surface area contributed by atoms with E-state index in [0.717, 1.165) is 16.9 Å². The van der Waals surface area contributed by atoms with Gasteiger partial charge in [-0.25, -0.2) is 0 Å². The second kappa shape index (κ2) is 4.14. The molecule has 0 radical (unpaired) electrons. The van der Waals surface area contributed by atoms with E-state index in [9.17, 15) is 0 Å². The van der Waals surface area contributed by atoms with Crippen LogP contribution in [0.3, 0.4) is 0 Å². The second-order valence-electron chi connectivity index (χ2n) is 3.10. The van der Waals surface area contributed by atoms with Crippen molar-refractivity contribution in [2.75, 3.05) is 7.11 Å². The third kappa shape index (κ3) is 1.85. The highest BCUT2D eigenvalue weighted by molar-refractivity contribution is 5.66. The number of nitrogens with two attached hydrogens (primary N) is 1. The number of ether oxygens (including phenoxy) is 1. The van der Waals surface area contributed by atoms with E-state index in [-0.39, 0.29) is 0 Å². The van der Waals surface area contributed by atoms with E-state index in [1.54, 1.807) is 13.3 Å². The van der Waals surface area contributed by atoms with Crippen LogP contribution in [0.5, 0.6) is 5.75 Å². The van der Waals surface area contributed by atoms with Crippen molar-refractivity contribution in [2.45, 2.75) is 6.54 Å². The number of methoxy groups -OCH3 is 1. The maximum atomic E-state index is 5.54. The molecule has 4 nitrogen and oxygen atoms in total. The zero-order valence-electron chi connectivity index (χ0n) is 8.43. The van der Waals surface area contributed by atoms with Gasteiger partial charge in [-0.05, 0) is 17.7 Å². The normalized spacial score (nSPS) is 10.3. The van der Waals surface area contributed by atoms with Crippen LogP contribution in [-0.2, 0) is 6.54 Å². The Morgan fingerprint density at radius 3 is 3.07 bits per heavy atom. The largest absolute Gasteiger partial charge is 0.497 e. The monoisotopic (exact) mass is 204 g/mol. The van der Waals surface area contributed by atoms with Gasteiger partial charge in [0.1, 0.15) is 5.75 Å². The molecule has 0 spiro atoms. The molecule has 1 aromatic heterocycles. The van der Waals surface area contributed by atoms with Crippen molar-refractivity contribution in [3.63, 3.8) is 0 Å². The predicted molar refractivity (Wildman–Crippen MR) is 56.4 cm³/mol. The molecule has 0 fully saturated rings. The first-order valence-electron chi connectivity index (χ1n) is 4.63. The highest BCUT2D eigenvalue weighted by Crippen LogP contribution is 2.26. The molecule has 0 unspecified atom stereocenters. The van der Waals surface area contributed by atoms with Crippen LogP contribution in [0.2, 0.25) is 0 Å². The van der Waals surface area contributed by atoms with Crippen molar-refractivity contribution in [3.05, 3.63) is 36.2 Å². The minimum atomic E-state index is 0.340. The lowest BCUT2D eigenvalue weighted by Crippen LogP contribution is -1.96. The SMILES string of the molecule is COc1cccc(-c2cnoc2CN)c1. The zero-order valence-corrected chi connectivity index (χ0v) is 8.43. The van der Waals surface area contributed by atoms with Crippen molar-refractivity contribution in [1.29, 1.82) is 0 Å². The first-order chi connectivity index (χ1) is 7.35. The molecule has 0 aliphatic heterocycles. The van der Waals surface area contributed by atoms with E-state index in [4.69, 9.17) is 15.0 Å². The standard InChI is InChI=1S/C11H12N2O2/c1-14-9-4-2-3-8(5-9)10-7-13-15-11(10)6-12/h2-5,7H,6,12H2,1H3. The molecule has 0 saturated heterocycles. The summed E-state index contributed by atoms with van der Waals surface area (Å²) in [5, 5.41) is 3.73. The summed E-state index contributed by atoms with van der Waals surface area (Å²) < 4.78 is 10.2. The maximum absolute atomic E-state index is 5.54. The summed E-state index contributed by atoms with van der Waals surface area (Å²) in [6.07, 6.45) is 1.66. The van der Waals surface area contributed by atoms with Crippen LogP contribution in [0.1, 0.15) is 5.76 Å². The molecule has 1 aromatic carbocycles. The Hall–Kier alpha value is -1.81. The predicted octanol–water partition coefficient (Wildman–Crippen LogP) is 1.81. The molecule has 78 valence electrons. The lowest BCUT2D eigenvalue weighted by atomic mass is 10.1. The van der Waals surface area contributed by atoms with Crippen LogP contribution in [0.25, 0.3) is 11.1 Å². The summed E-state index contributed by atoms with van der Waals surface area (Å²) >= 11 is 0. The molecule has 4 heteroatoms. The van der Waals surface area contributed by atoms with E-state index in [1.165, 1.54) is 0 Å². The Morgan fingerprint density at radius 1 is 1.47 bits per heavy atom. The van der Waals surface area contributed by atoms with Crippen LogP contribution in [-0.4, -0.2) is 12.3 Å². The molecule has 15 heavy (non-hydrogen) atoms. The van der Waals surface area contributed by atoms with Gasteiger partial charge < -0.3 is 15.0 Å². The van der Waals surface area contributed by atoms with Crippen molar-refractivity contribution in [2.24, 2.45) is 5.73 Å². The van der Waals surface area contributed by atoms with Crippen LogP contribution >= 0.6 is 0 Å². The van der Waals surface area contributed by atoms with Gasteiger partial charge in [-0.15, -0.1) is 0 Å². The quantitative estimate of drug-likeness (QED) is 0.828. The van der Waals surface area contributed by atoms with Crippen molar-refractivity contribution in [3.8, 4) is 16.9 Å². The summed E-state index contributed by atoms with van der Waals surface area (Å²) in [6.45, 7) is 0.340. The van der Waals surface area contributed by atoms with E-state index in [2.05, 4.69) is 5.16 Å². The van der Waals surface area contributed by atoms with Gasteiger partial charge in [-0.3, -0.25) is 0 Å². The van der Waals surface area contributed by atoms with Crippen LogP contribution in [0.4, 0.5) is 0 Å². The third-order valence-corrected chi connectivity index (χ3v) is 2.21. The molecule has 0 aliphatic carbocycles. The Labute approximate surface area is 87.6 Å². The van der Waals surface area contributed by atoms with Gasteiger partial charge in [0.25, 0.3) is 0 Å². The van der Waals surface area contributed by atoms with E-state index in [0.29, 0.717) is 12.3 Å². The summed E-state index contributed by atoms with van der Waals surface area (Å²) in [5.74, 6) is 1.49. The Morgan fingerprint density at radius 2 is 2.33 bits per heavy atom. The van der Waals surface area contributed by atoms with Gasteiger partial charge in [0, 0.05) is 5.56 Å². The van der Waals surface area contributed by atoms with Crippen molar-refractivity contribution >= 4 is 0 Å². The van der Waals surface area contributed by atoms with Gasteiger partial charge in [0.05, 0.1) is 19.9 Å². The third-order valence-electron chi connectivity index (χ3n) is 2.21. The summed E-state index contributed by atoms with van der Waals surface area (Å²) in [6, 6.07) is 7.69. The minimum Gasteiger partial charge on any atom is -0.497 e. The Balaban J connectivity index is 2.44. The summed E-state index contributed by atoms with van der Waals surface area (Å²) in [7, 11) is 1.64. The summed E-state index contributed by atoms with van der Waals surface area (Å²) in [5.41, 5.74) is 7.45. The van der Waals surface area contributed by atoms with Crippen LogP contribution in [0.15, 0.2) is 35.0 Å². The fraction of sp³-hybridized carbons (Fsp3) is 0.182. The number of aromatic nitrogens is 1. The first kappa shape index (κ1) is 9.73. The molecule has 0 atom stereocenters. The van der Waals surface area contributed by atoms with Crippen molar-refractivity contribution < 1.29 is 9.26 Å². The van der Waals surface area contributed by atoms with Crippen LogP contribution in [0, 0.1) is 0 Å². The van der Waals surface area contributed by atoms with Gasteiger partial charge in [-0.1, -0.05) is 17.3 Å². The molecular formula is C11H12N2O2.